The number of benzene rings is 1. The number of guanidine groups is 1. The second-order valence-electron chi connectivity index (χ2n) is 7.35. The predicted molar refractivity (Wildman–Crippen MR) is 111 cm³/mol. The average molecular weight is 373 g/mol. The Morgan fingerprint density at radius 2 is 2.30 bits per heavy atom. The summed E-state index contributed by atoms with van der Waals surface area (Å²) in [7, 11) is 4.00. The van der Waals surface area contributed by atoms with Crippen LogP contribution in [0.25, 0.3) is 11.0 Å². The third kappa shape index (κ3) is 4.95. The third-order valence-electron chi connectivity index (χ3n) is 5.11. The lowest BCUT2D eigenvalue weighted by Crippen LogP contribution is -2.44. The first-order valence-electron chi connectivity index (χ1n) is 9.91. The van der Waals surface area contributed by atoms with Crippen molar-refractivity contribution >= 4 is 16.9 Å². The van der Waals surface area contributed by atoms with E-state index in [2.05, 4.69) is 40.6 Å². The molecule has 1 aliphatic rings. The van der Waals surface area contributed by atoms with E-state index in [1.54, 1.807) is 7.05 Å². The molecule has 2 heterocycles. The molecule has 2 N–H and O–H groups in total. The Bertz CT molecular complexity index is 771. The van der Waals surface area contributed by atoms with Crippen molar-refractivity contribution < 1.29 is 9.15 Å². The van der Waals surface area contributed by atoms with Crippen molar-refractivity contribution in [2.24, 2.45) is 10.9 Å². The molecule has 0 radical (unpaired) electrons. The molecule has 6 nitrogen and oxygen atoms in total. The molecule has 0 bridgehead atoms. The Morgan fingerprint density at radius 3 is 3.04 bits per heavy atom. The minimum atomic E-state index is 0.00658. The summed E-state index contributed by atoms with van der Waals surface area (Å²) in [5, 5.41) is 7.96. The van der Waals surface area contributed by atoms with Crippen LogP contribution < -0.4 is 15.4 Å². The number of para-hydroxylation sites is 1. The number of aliphatic imine (C=N–C) groups is 1. The van der Waals surface area contributed by atoms with Gasteiger partial charge < -0.3 is 24.7 Å². The van der Waals surface area contributed by atoms with Crippen LogP contribution in [-0.2, 0) is 0 Å². The summed E-state index contributed by atoms with van der Waals surface area (Å²) in [4.78, 5) is 6.77. The van der Waals surface area contributed by atoms with Crippen molar-refractivity contribution in [3.05, 3.63) is 30.0 Å². The van der Waals surface area contributed by atoms with Crippen LogP contribution in [0.4, 0.5) is 0 Å². The van der Waals surface area contributed by atoms with Crippen molar-refractivity contribution in [1.29, 1.82) is 0 Å². The minimum Gasteiger partial charge on any atom is -0.490 e. The second-order valence-corrected chi connectivity index (χ2v) is 7.35. The van der Waals surface area contributed by atoms with Crippen molar-refractivity contribution in [3.63, 3.8) is 0 Å². The van der Waals surface area contributed by atoms with Gasteiger partial charge in [-0.1, -0.05) is 12.1 Å². The van der Waals surface area contributed by atoms with E-state index in [9.17, 15) is 0 Å². The average Bonchev–Trinajstić information content (AvgIpc) is 3.11. The molecule has 2 atom stereocenters. The molecule has 148 valence electrons. The van der Waals surface area contributed by atoms with Gasteiger partial charge in [0, 0.05) is 25.5 Å². The zero-order valence-corrected chi connectivity index (χ0v) is 16.9. The molecule has 1 aliphatic heterocycles. The van der Waals surface area contributed by atoms with Crippen LogP contribution in [0.15, 0.2) is 33.7 Å². The van der Waals surface area contributed by atoms with E-state index >= 15 is 0 Å². The molecule has 0 amide bonds. The fourth-order valence-electron chi connectivity index (χ4n) is 3.69. The van der Waals surface area contributed by atoms with Crippen molar-refractivity contribution in [2.75, 3.05) is 40.3 Å². The van der Waals surface area contributed by atoms with E-state index in [-0.39, 0.29) is 6.04 Å². The van der Waals surface area contributed by atoms with Crippen molar-refractivity contribution in [1.82, 2.24) is 15.5 Å². The predicted octanol–water partition coefficient (Wildman–Crippen LogP) is 3.40. The lowest BCUT2D eigenvalue weighted by Gasteiger charge is -2.30. The summed E-state index contributed by atoms with van der Waals surface area (Å²) in [6.45, 7) is 7.97. The number of nitrogens with one attached hydrogen (secondary N) is 2. The smallest absolute Gasteiger partial charge is 0.191 e. The van der Waals surface area contributed by atoms with E-state index in [4.69, 9.17) is 9.15 Å². The Labute approximate surface area is 162 Å². The van der Waals surface area contributed by atoms with Gasteiger partial charge in [0.15, 0.2) is 17.3 Å². The van der Waals surface area contributed by atoms with Gasteiger partial charge in [0.25, 0.3) is 0 Å². The van der Waals surface area contributed by atoms with Gasteiger partial charge in [0.1, 0.15) is 5.76 Å². The maximum absolute atomic E-state index is 6.09. The van der Waals surface area contributed by atoms with Gasteiger partial charge in [0.2, 0.25) is 0 Å². The SMILES string of the molecule is CCOc1cccc2cc(C(C)NC(=NC)NCC3CCCN(C)C3)oc12. The monoisotopic (exact) mass is 372 g/mol. The fraction of sp³-hybridized carbons (Fsp3) is 0.571. The number of nitrogens with zero attached hydrogens (tertiary/aromatic N) is 2. The van der Waals surface area contributed by atoms with E-state index in [1.165, 1.54) is 19.4 Å². The van der Waals surface area contributed by atoms with E-state index in [0.29, 0.717) is 12.5 Å². The normalized spacial score (nSPS) is 19.9. The van der Waals surface area contributed by atoms with Crippen LogP contribution in [0.5, 0.6) is 5.75 Å². The largest absolute Gasteiger partial charge is 0.490 e. The summed E-state index contributed by atoms with van der Waals surface area (Å²) in [5.74, 6) is 3.13. The van der Waals surface area contributed by atoms with Crippen LogP contribution in [-0.4, -0.2) is 51.2 Å². The van der Waals surface area contributed by atoms with E-state index in [1.807, 2.05) is 25.1 Å². The molecular formula is C21H32N4O2. The third-order valence-corrected chi connectivity index (χ3v) is 5.11. The quantitative estimate of drug-likeness (QED) is 0.601. The lowest BCUT2D eigenvalue weighted by atomic mass is 9.99. The first kappa shape index (κ1) is 19.5. The summed E-state index contributed by atoms with van der Waals surface area (Å²) in [6, 6.07) is 8.06. The van der Waals surface area contributed by atoms with Gasteiger partial charge in [-0.3, -0.25) is 4.99 Å². The van der Waals surface area contributed by atoms with Crippen LogP contribution in [0.1, 0.15) is 38.5 Å². The number of fused-ring (bicyclic) bond motifs is 1. The van der Waals surface area contributed by atoms with Crippen LogP contribution in [0.2, 0.25) is 0 Å². The number of rotatable bonds is 6. The number of ether oxygens (including phenoxy) is 1. The fourth-order valence-corrected chi connectivity index (χ4v) is 3.69. The molecular weight excluding hydrogens is 340 g/mol. The Hall–Kier alpha value is -2.21. The van der Waals surface area contributed by atoms with Crippen molar-refractivity contribution in [2.45, 2.75) is 32.7 Å². The van der Waals surface area contributed by atoms with Gasteiger partial charge in [-0.25, -0.2) is 0 Å². The number of furan rings is 1. The zero-order chi connectivity index (χ0) is 19.2. The maximum Gasteiger partial charge on any atom is 0.191 e. The standard InChI is InChI=1S/C21H32N4O2/c1-5-26-18-10-6-9-17-12-19(27-20(17)18)15(2)24-21(22-3)23-13-16-8-7-11-25(4)14-16/h6,9-10,12,15-16H,5,7-8,11,13-14H2,1-4H3,(H2,22,23,24). The highest BCUT2D eigenvalue weighted by molar-refractivity contribution is 5.84. The van der Waals surface area contributed by atoms with Crippen LogP contribution >= 0.6 is 0 Å². The van der Waals surface area contributed by atoms with Crippen LogP contribution in [0.3, 0.4) is 0 Å². The second kappa shape index (κ2) is 9.13. The van der Waals surface area contributed by atoms with Crippen molar-refractivity contribution in [3.8, 4) is 5.75 Å². The highest BCUT2D eigenvalue weighted by Crippen LogP contribution is 2.31. The van der Waals surface area contributed by atoms with Gasteiger partial charge >= 0.3 is 0 Å². The minimum absolute atomic E-state index is 0.00658. The summed E-state index contributed by atoms with van der Waals surface area (Å²) in [6.07, 6.45) is 2.54. The highest BCUT2D eigenvalue weighted by atomic mass is 16.5. The molecule has 0 aliphatic carbocycles. The molecule has 3 rings (SSSR count). The number of likely N-dealkylation sites (tertiary alicyclic amines) is 1. The topological polar surface area (TPSA) is 62.0 Å². The Balaban J connectivity index is 1.62. The molecule has 0 spiro atoms. The van der Waals surface area contributed by atoms with E-state index in [0.717, 1.165) is 41.5 Å². The molecule has 0 saturated carbocycles. The lowest BCUT2D eigenvalue weighted by molar-refractivity contribution is 0.210. The van der Waals surface area contributed by atoms with Gasteiger partial charge in [-0.2, -0.15) is 0 Å². The first-order chi connectivity index (χ1) is 13.1. The molecule has 2 unspecified atom stereocenters. The summed E-state index contributed by atoms with van der Waals surface area (Å²) in [5.41, 5.74) is 0.802. The van der Waals surface area contributed by atoms with Gasteiger partial charge in [-0.15, -0.1) is 0 Å². The summed E-state index contributed by atoms with van der Waals surface area (Å²) >= 11 is 0. The molecule has 2 aromatic rings. The number of piperidine rings is 1. The molecule has 27 heavy (non-hydrogen) atoms. The number of hydrogen-bond donors (Lipinski definition) is 2. The first-order valence-corrected chi connectivity index (χ1v) is 9.91. The Morgan fingerprint density at radius 1 is 1.44 bits per heavy atom. The van der Waals surface area contributed by atoms with E-state index < -0.39 is 0 Å². The molecule has 1 fully saturated rings. The molecule has 1 aromatic carbocycles. The van der Waals surface area contributed by atoms with Crippen LogP contribution in [0, 0.1) is 5.92 Å². The Kier molecular flexibility index (Phi) is 6.61. The highest BCUT2D eigenvalue weighted by Gasteiger charge is 2.19. The molecule has 1 saturated heterocycles. The maximum atomic E-state index is 6.09. The molecule has 6 heteroatoms. The van der Waals surface area contributed by atoms with Gasteiger partial charge in [-0.05, 0) is 58.3 Å². The van der Waals surface area contributed by atoms with Gasteiger partial charge in [0.05, 0.1) is 12.6 Å². The summed E-state index contributed by atoms with van der Waals surface area (Å²) < 4.78 is 11.8. The molecule has 1 aromatic heterocycles. The zero-order valence-electron chi connectivity index (χ0n) is 16.9. The number of hydrogen-bond acceptors (Lipinski definition) is 4.